The van der Waals surface area contributed by atoms with Crippen LogP contribution in [0.15, 0.2) is 60.9 Å². The predicted molar refractivity (Wildman–Crippen MR) is 112 cm³/mol. The summed E-state index contributed by atoms with van der Waals surface area (Å²) >= 11 is 0. The fourth-order valence-electron chi connectivity index (χ4n) is 3.39. The first-order valence-electron chi connectivity index (χ1n) is 9.74. The topological polar surface area (TPSA) is 78.4 Å². The molecule has 0 bridgehead atoms. The number of amides is 1. The zero-order valence-electron chi connectivity index (χ0n) is 16.3. The molecule has 8 nitrogen and oxygen atoms in total. The second-order valence-corrected chi connectivity index (χ2v) is 6.68. The minimum atomic E-state index is -0.149. The summed E-state index contributed by atoms with van der Waals surface area (Å²) in [6.07, 6.45) is 3.51. The lowest BCUT2D eigenvalue weighted by Crippen LogP contribution is -2.47. The molecular weight excluding hydrogens is 366 g/mol. The summed E-state index contributed by atoms with van der Waals surface area (Å²) < 4.78 is 0. The molecule has 3 heterocycles. The number of aromatic nitrogens is 4. The molecule has 1 amide bonds. The molecule has 2 aromatic heterocycles. The third-order valence-electron chi connectivity index (χ3n) is 4.94. The minimum Gasteiger partial charge on any atom is -0.352 e. The Balaban J connectivity index is 1.41. The van der Waals surface area contributed by atoms with E-state index in [-0.39, 0.29) is 5.91 Å². The van der Waals surface area contributed by atoms with Gasteiger partial charge >= 0.3 is 0 Å². The zero-order chi connectivity index (χ0) is 20.1. The van der Waals surface area contributed by atoms with Crippen LogP contribution in [0.2, 0.25) is 0 Å². The third-order valence-corrected chi connectivity index (χ3v) is 4.94. The average molecular weight is 389 g/mol. The van der Waals surface area contributed by atoms with Gasteiger partial charge in [0.2, 0.25) is 5.95 Å². The Kier molecular flexibility index (Phi) is 5.60. The minimum absolute atomic E-state index is 0.149. The van der Waals surface area contributed by atoms with Crippen molar-refractivity contribution in [1.82, 2.24) is 20.2 Å². The Morgan fingerprint density at radius 2 is 1.59 bits per heavy atom. The highest BCUT2D eigenvalue weighted by atomic mass is 16.2. The van der Waals surface area contributed by atoms with Gasteiger partial charge in [0.25, 0.3) is 5.91 Å². The molecule has 4 rings (SSSR count). The maximum absolute atomic E-state index is 12.9. The van der Waals surface area contributed by atoms with E-state index in [0.717, 1.165) is 43.6 Å². The number of para-hydroxylation sites is 1. The van der Waals surface area contributed by atoms with Crippen molar-refractivity contribution in [3.05, 3.63) is 66.6 Å². The van der Waals surface area contributed by atoms with E-state index in [0.29, 0.717) is 12.2 Å². The van der Waals surface area contributed by atoms with E-state index in [1.807, 2.05) is 49.4 Å². The van der Waals surface area contributed by atoms with E-state index in [1.54, 1.807) is 23.4 Å². The van der Waals surface area contributed by atoms with Crippen LogP contribution in [0.25, 0.3) is 0 Å². The van der Waals surface area contributed by atoms with Gasteiger partial charge in [0.1, 0.15) is 0 Å². The van der Waals surface area contributed by atoms with Crippen molar-refractivity contribution < 1.29 is 4.79 Å². The molecule has 1 fully saturated rings. The molecule has 1 saturated heterocycles. The molecule has 29 heavy (non-hydrogen) atoms. The number of piperazine rings is 1. The van der Waals surface area contributed by atoms with Gasteiger partial charge in [0, 0.05) is 50.8 Å². The number of carbonyl (C=O) groups is 1. The van der Waals surface area contributed by atoms with Crippen LogP contribution in [0.1, 0.15) is 17.4 Å². The number of anilines is 3. The van der Waals surface area contributed by atoms with Crippen LogP contribution in [-0.4, -0.2) is 58.8 Å². The summed E-state index contributed by atoms with van der Waals surface area (Å²) in [6.45, 7) is 5.73. The van der Waals surface area contributed by atoms with E-state index in [2.05, 4.69) is 30.0 Å². The van der Waals surface area contributed by atoms with Crippen LogP contribution in [0.4, 0.5) is 17.5 Å². The quantitative estimate of drug-likeness (QED) is 0.662. The lowest BCUT2D eigenvalue weighted by Gasteiger charge is -2.35. The summed E-state index contributed by atoms with van der Waals surface area (Å²) in [5, 5.41) is 8.51. The molecule has 1 aliphatic rings. The number of carbonyl (C=O) groups excluding carboxylic acids is 1. The van der Waals surface area contributed by atoms with Crippen molar-refractivity contribution in [3.63, 3.8) is 0 Å². The van der Waals surface area contributed by atoms with Crippen LogP contribution in [-0.2, 0) is 0 Å². The molecule has 1 aromatic carbocycles. The van der Waals surface area contributed by atoms with E-state index in [9.17, 15) is 4.79 Å². The fraction of sp³-hybridized carbons (Fsp3) is 0.286. The summed E-state index contributed by atoms with van der Waals surface area (Å²) in [6, 6.07) is 15.0. The molecule has 3 aromatic rings. The van der Waals surface area contributed by atoms with Gasteiger partial charge in [-0.1, -0.05) is 18.2 Å². The van der Waals surface area contributed by atoms with Crippen molar-refractivity contribution in [1.29, 1.82) is 0 Å². The van der Waals surface area contributed by atoms with Crippen LogP contribution < -0.4 is 14.7 Å². The third kappa shape index (κ3) is 4.16. The van der Waals surface area contributed by atoms with E-state index < -0.39 is 0 Å². The van der Waals surface area contributed by atoms with Crippen LogP contribution in [0.3, 0.4) is 0 Å². The molecule has 148 valence electrons. The van der Waals surface area contributed by atoms with Crippen molar-refractivity contribution in [2.75, 3.05) is 47.4 Å². The monoisotopic (exact) mass is 389 g/mol. The number of benzene rings is 1. The van der Waals surface area contributed by atoms with Gasteiger partial charge in [-0.3, -0.25) is 4.79 Å². The van der Waals surface area contributed by atoms with Crippen molar-refractivity contribution in [2.45, 2.75) is 6.92 Å². The lowest BCUT2D eigenvalue weighted by molar-refractivity contribution is 0.0982. The van der Waals surface area contributed by atoms with Gasteiger partial charge in [0.15, 0.2) is 11.5 Å². The largest absolute Gasteiger partial charge is 0.352 e. The molecular formula is C21H23N7O. The molecule has 0 radical (unpaired) electrons. The Morgan fingerprint density at radius 3 is 2.21 bits per heavy atom. The highest BCUT2D eigenvalue weighted by Gasteiger charge is 2.22. The van der Waals surface area contributed by atoms with Crippen molar-refractivity contribution >= 4 is 23.4 Å². The highest BCUT2D eigenvalue weighted by Crippen LogP contribution is 2.18. The van der Waals surface area contributed by atoms with Gasteiger partial charge in [-0.05, 0) is 37.3 Å². The summed E-state index contributed by atoms with van der Waals surface area (Å²) in [5.41, 5.74) is 1.20. The average Bonchev–Trinajstić information content (AvgIpc) is 2.81. The second-order valence-electron chi connectivity index (χ2n) is 6.68. The molecule has 0 saturated carbocycles. The molecule has 1 aliphatic heterocycles. The first-order chi connectivity index (χ1) is 14.3. The maximum Gasteiger partial charge on any atom is 0.278 e. The van der Waals surface area contributed by atoms with Crippen LogP contribution in [0.5, 0.6) is 0 Å². The molecule has 0 spiro atoms. The number of nitrogens with zero attached hydrogens (tertiary/aromatic N) is 7. The molecule has 0 unspecified atom stereocenters. The van der Waals surface area contributed by atoms with Gasteiger partial charge in [-0.2, -0.15) is 0 Å². The standard InChI is InChI=1S/C21H23N7O/c1-2-28(17-7-4-3-5-8-17)20(29)18-9-10-19(25-24-18)26-13-15-27(16-14-26)21-22-11-6-12-23-21/h3-12H,2,13-16H2,1H3. The molecule has 0 N–H and O–H groups in total. The maximum atomic E-state index is 12.9. The van der Waals surface area contributed by atoms with Gasteiger partial charge in [0.05, 0.1) is 0 Å². The van der Waals surface area contributed by atoms with E-state index in [4.69, 9.17) is 0 Å². The zero-order valence-corrected chi connectivity index (χ0v) is 16.3. The molecule has 0 aliphatic carbocycles. The normalized spacial score (nSPS) is 14.0. The first kappa shape index (κ1) is 18.8. The van der Waals surface area contributed by atoms with Crippen LogP contribution >= 0.6 is 0 Å². The SMILES string of the molecule is CCN(C(=O)c1ccc(N2CCN(c3ncccn3)CC2)nn1)c1ccccc1. The summed E-state index contributed by atoms with van der Waals surface area (Å²) in [5.74, 6) is 1.38. The Hall–Kier alpha value is -3.55. The number of hydrogen-bond donors (Lipinski definition) is 0. The highest BCUT2D eigenvalue weighted by molar-refractivity contribution is 6.04. The molecule has 0 atom stereocenters. The van der Waals surface area contributed by atoms with Crippen LogP contribution in [0, 0.1) is 0 Å². The smallest absolute Gasteiger partial charge is 0.278 e. The molecule has 8 heteroatoms. The van der Waals surface area contributed by atoms with Gasteiger partial charge in [-0.25, -0.2) is 9.97 Å². The van der Waals surface area contributed by atoms with E-state index in [1.165, 1.54) is 0 Å². The fourth-order valence-corrected chi connectivity index (χ4v) is 3.39. The van der Waals surface area contributed by atoms with E-state index >= 15 is 0 Å². The van der Waals surface area contributed by atoms with Gasteiger partial charge in [-0.15, -0.1) is 10.2 Å². The van der Waals surface area contributed by atoms with Gasteiger partial charge < -0.3 is 14.7 Å². The summed E-state index contributed by atoms with van der Waals surface area (Å²) in [7, 11) is 0. The second kappa shape index (κ2) is 8.64. The van der Waals surface area contributed by atoms with Crippen molar-refractivity contribution in [2.24, 2.45) is 0 Å². The van der Waals surface area contributed by atoms with Crippen molar-refractivity contribution in [3.8, 4) is 0 Å². The summed E-state index contributed by atoms with van der Waals surface area (Å²) in [4.78, 5) is 27.5. The Morgan fingerprint density at radius 1 is 0.897 bits per heavy atom. The number of rotatable bonds is 5. The number of hydrogen-bond acceptors (Lipinski definition) is 7. The Bertz CT molecular complexity index is 926. The first-order valence-corrected chi connectivity index (χ1v) is 9.74. The Labute approximate surface area is 169 Å². The lowest BCUT2D eigenvalue weighted by atomic mass is 10.2. The predicted octanol–water partition coefficient (Wildman–Crippen LogP) is 2.26.